The van der Waals surface area contributed by atoms with Gasteiger partial charge in [-0.05, 0) is 44.2 Å². The van der Waals surface area contributed by atoms with Crippen LogP contribution in [0.5, 0.6) is 11.5 Å². The minimum atomic E-state index is -0.0740. The van der Waals surface area contributed by atoms with Gasteiger partial charge in [-0.2, -0.15) is 0 Å². The fourth-order valence-corrected chi connectivity index (χ4v) is 3.64. The molecule has 0 radical (unpaired) electrons. The highest BCUT2D eigenvalue weighted by Crippen LogP contribution is 2.28. The van der Waals surface area contributed by atoms with Gasteiger partial charge in [0, 0.05) is 32.7 Å². The van der Waals surface area contributed by atoms with Crippen molar-refractivity contribution in [3.8, 4) is 11.5 Å². The molecule has 1 aliphatic heterocycles. The van der Waals surface area contributed by atoms with Gasteiger partial charge in [-0.25, -0.2) is 0 Å². The van der Waals surface area contributed by atoms with Gasteiger partial charge in [0.1, 0.15) is 11.5 Å². The number of anilines is 1. The largest absolute Gasteiger partial charge is 0.495 e. The molecule has 2 aromatic rings. The van der Waals surface area contributed by atoms with Gasteiger partial charge in [0.15, 0.2) is 0 Å². The summed E-state index contributed by atoms with van der Waals surface area (Å²) >= 11 is 0. The molecule has 0 aliphatic carbocycles. The second-order valence-electron chi connectivity index (χ2n) is 7.04. The number of benzene rings is 2. The van der Waals surface area contributed by atoms with Crippen molar-refractivity contribution < 1.29 is 14.3 Å². The zero-order valence-corrected chi connectivity index (χ0v) is 17.4. The van der Waals surface area contributed by atoms with Gasteiger partial charge in [0.2, 0.25) is 0 Å². The first-order chi connectivity index (χ1) is 14.2. The van der Waals surface area contributed by atoms with Crippen molar-refractivity contribution in [1.29, 1.82) is 0 Å². The van der Waals surface area contributed by atoms with Gasteiger partial charge in [0.05, 0.1) is 25.0 Å². The molecule has 1 N–H and O–H groups in total. The van der Waals surface area contributed by atoms with E-state index in [0.717, 1.165) is 50.6 Å². The van der Waals surface area contributed by atoms with Crippen LogP contribution in [-0.4, -0.2) is 63.8 Å². The molecule has 29 heavy (non-hydrogen) atoms. The van der Waals surface area contributed by atoms with Crippen LogP contribution in [0.15, 0.2) is 48.5 Å². The Hall–Kier alpha value is -2.73. The van der Waals surface area contributed by atoms with Crippen LogP contribution >= 0.6 is 0 Å². The third kappa shape index (κ3) is 5.64. The lowest BCUT2D eigenvalue weighted by molar-refractivity contribution is 0.0947. The van der Waals surface area contributed by atoms with Gasteiger partial charge in [0.25, 0.3) is 5.91 Å². The molecule has 0 spiro atoms. The minimum absolute atomic E-state index is 0.0740. The van der Waals surface area contributed by atoms with Crippen LogP contribution in [0.1, 0.15) is 23.7 Å². The van der Waals surface area contributed by atoms with E-state index in [2.05, 4.69) is 27.2 Å². The van der Waals surface area contributed by atoms with Gasteiger partial charge >= 0.3 is 0 Å². The highest BCUT2D eigenvalue weighted by atomic mass is 16.5. The Bertz CT molecular complexity index is 788. The number of amides is 1. The quantitative estimate of drug-likeness (QED) is 0.659. The molecule has 3 rings (SSSR count). The van der Waals surface area contributed by atoms with E-state index in [1.54, 1.807) is 13.2 Å². The van der Waals surface area contributed by atoms with E-state index < -0.39 is 0 Å². The topological polar surface area (TPSA) is 54.0 Å². The van der Waals surface area contributed by atoms with Gasteiger partial charge in [-0.3, -0.25) is 9.69 Å². The molecule has 1 saturated heterocycles. The number of nitrogens with zero attached hydrogens (tertiary/aromatic N) is 2. The van der Waals surface area contributed by atoms with Crippen LogP contribution in [0.3, 0.4) is 0 Å². The molecule has 0 aromatic heterocycles. The fourth-order valence-electron chi connectivity index (χ4n) is 3.64. The maximum atomic E-state index is 12.4. The predicted molar refractivity (Wildman–Crippen MR) is 116 cm³/mol. The minimum Gasteiger partial charge on any atom is -0.495 e. The summed E-state index contributed by atoms with van der Waals surface area (Å²) in [5.41, 5.74) is 1.76. The lowest BCUT2D eigenvalue weighted by Crippen LogP contribution is -2.47. The van der Waals surface area contributed by atoms with E-state index in [0.29, 0.717) is 24.5 Å². The van der Waals surface area contributed by atoms with Crippen LogP contribution in [-0.2, 0) is 0 Å². The highest BCUT2D eigenvalue weighted by Gasteiger charge is 2.19. The summed E-state index contributed by atoms with van der Waals surface area (Å²) in [5, 5.41) is 3.01. The van der Waals surface area contributed by atoms with Crippen molar-refractivity contribution in [2.24, 2.45) is 0 Å². The summed E-state index contributed by atoms with van der Waals surface area (Å²) in [4.78, 5) is 17.3. The number of nitrogens with one attached hydrogen (secondary N) is 1. The van der Waals surface area contributed by atoms with Crippen molar-refractivity contribution in [3.05, 3.63) is 54.1 Å². The zero-order valence-electron chi connectivity index (χ0n) is 17.4. The van der Waals surface area contributed by atoms with Crippen LogP contribution in [0.4, 0.5) is 5.69 Å². The molecule has 1 fully saturated rings. The van der Waals surface area contributed by atoms with Crippen molar-refractivity contribution in [3.63, 3.8) is 0 Å². The molecule has 2 aromatic carbocycles. The number of carbonyl (C=O) groups excluding carboxylic acids is 1. The van der Waals surface area contributed by atoms with Crippen LogP contribution in [0, 0.1) is 0 Å². The lowest BCUT2D eigenvalue weighted by atomic mass is 10.2. The number of piperazine rings is 1. The number of hydrogen-bond acceptors (Lipinski definition) is 5. The zero-order chi connectivity index (χ0) is 20.5. The van der Waals surface area contributed by atoms with E-state index >= 15 is 0 Å². The van der Waals surface area contributed by atoms with E-state index in [1.165, 1.54) is 0 Å². The molecule has 1 aliphatic rings. The Kier molecular flexibility index (Phi) is 7.76. The molecule has 6 nitrogen and oxygen atoms in total. The molecule has 0 bridgehead atoms. The molecule has 156 valence electrons. The molecule has 0 saturated carbocycles. The van der Waals surface area contributed by atoms with Crippen molar-refractivity contribution >= 4 is 11.6 Å². The maximum Gasteiger partial charge on any atom is 0.255 e. The second-order valence-corrected chi connectivity index (χ2v) is 7.04. The van der Waals surface area contributed by atoms with Gasteiger partial charge in [-0.1, -0.05) is 24.3 Å². The van der Waals surface area contributed by atoms with Gasteiger partial charge in [-0.15, -0.1) is 0 Å². The van der Waals surface area contributed by atoms with Crippen molar-refractivity contribution in [1.82, 2.24) is 10.2 Å². The van der Waals surface area contributed by atoms with E-state index in [-0.39, 0.29) is 5.91 Å². The summed E-state index contributed by atoms with van der Waals surface area (Å²) in [6.45, 7) is 8.09. The standard InChI is InChI=1S/C23H31N3O3/c1-3-29-21-11-6-4-9-19(21)23(27)24-13-8-14-25-15-17-26(18-16-25)20-10-5-7-12-22(20)28-2/h4-7,9-12H,3,8,13-18H2,1-2H3,(H,24,27). The Morgan fingerprint density at radius 3 is 2.41 bits per heavy atom. The van der Waals surface area contributed by atoms with Crippen LogP contribution in [0.2, 0.25) is 0 Å². The number of carbonyl (C=O) groups is 1. The molecular formula is C23H31N3O3. The number of rotatable bonds is 9. The first-order valence-electron chi connectivity index (χ1n) is 10.3. The first-order valence-corrected chi connectivity index (χ1v) is 10.3. The average Bonchev–Trinajstić information content (AvgIpc) is 2.77. The summed E-state index contributed by atoms with van der Waals surface area (Å²) in [6, 6.07) is 15.6. The van der Waals surface area contributed by atoms with E-state index in [4.69, 9.17) is 9.47 Å². The number of para-hydroxylation sites is 3. The second kappa shape index (κ2) is 10.7. The number of ether oxygens (including phenoxy) is 2. The number of hydrogen-bond donors (Lipinski definition) is 1. The lowest BCUT2D eigenvalue weighted by Gasteiger charge is -2.36. The molecule has 6 heteroatoms. The summed E-state index contributed by atoms with van der Waals surface area (Å²) in [6.07, 6.45) is 0.928. The molecule has 0 unspecified atom stereocenters. The van der Waals surface area contributed by atoms with Crippen LogP contribution in [0.25, 0.3) is 0 Å². The average molecular weight is 398 g/mol. The SMILES string of the molecule is CCOc1ccccc1C(=O)NCCCN1CCN(c2ccccc2OC)CC1. The molecule has 1 amide bonds. The molecule has 0 atom stereocenters. The smallest absolute Gasteiger partial charge is 0.255 e. The monoisotopic (exact) mass is 397 g/mol. The van der Waals surface area contributed by atoms with Gasteiger partial charge < -0.3 is 19.7 Å². The number of methoxy groups -OCH3 is 1. The Balaban J connectivity index is 1.40. The first kappa shape index (κ1) is 21.0. The Morgan fingerprint density at radius 2 is 1.69 bits per heavy atom. The predicted octanol–water partition coefficient (Wildman–Crippen LogP) is 3.04. The summed E-state index contributed by atoms with van der Waals surface area (Å²) < 4.78 is 11.0. The maximum absolute atomic E-state index is 12.4. The van der Waals surface area contributed by atoms with E-state index in [9.17, 15) is 4.79 Å². The molecule has 1 heterocycles. The third-order valence-corrected chi connectivity index (χ3v) is 5.17. The summed E-state index contributed by atoms with van der Waals surface area (Å²) in [7, 11) is 1.72. The van der Waals surface area contributed by atoms with Crippen LogP contribution < -0.4 is 19.7 Å². The summed E-state index contributed by atoms with van der Waals surface area (Å²) in [5.74, 6) is 1.49. The third-order valence-electron chi connectivity index (χ3n) is 5.17. The highest BCUT2D eigenvalue weighted by molar-refractivity contribution is 5.96. The van der Waals surface area contributed by atoms with E-state index in [1.807, 2.05) is 37.3 Å². The van der Waals surface area contributed by atoms with Crippen molar-refractivity contribution in [2.45, 2.75) is 13.3 Å². The van der Waals surface area contributed by atoms with Crippen molar-refractivity contribution in [2.75, 3.05) is 57.9 Å². The normalized spacial score (nSPS) is 14.5. The Morgan fingerprint density at radius 1 is 1.00 bits per heavy atom. The molecular weight excluding hydrogens is 366 g/mol. The Labute approximate surface area is 173 Å². The fraction of sp³-hybridized carbons (Fsp3) is 0.435.